The molecule has 4 heterocycles. The Hall–Kier alpha value is -6.40. The average Bonchev–Trinajstić information content (AvgIpc) is 3.94. The number of hydrogen-bond donors (Lipinski definition) is 1. The third-order valence-corrected chi connectivity index (χ3v) is 14.0. The van der Waals surface area contributed by atoms with Crippen molar-refractivity contribution in [2.24, 2.45) is 21.3 Å². The predicted octanol–water partition coefficient (Wildman–Crippen LogP) is 11.4. The van der Waals surface area contributed by atoms with Crippen LogP contribution in [-0.4, -0.2) is 23.8 Å². The van der Waals surface area contributed by atoms with Crippen molar-refractivity contribution < 1.29 is 9.15 Å². The van der Waals surface area contributed by atoms with Crippen molar-refractivity contribution in [3.05, 3.63) is 202 Å². The lowest BCUT2D eigenvalue weighted by atomic mass is 9.72. The number of aryl methyl sites for hydroxylation is 1. The zero-order valence-corrected chi connectivity index (χ0v) is 33.4. The fourth-order valence-corrected chi connectivity index (χ4v) is 10.8. The van der Waals surface area contributed by atoms with Crippen LogP contribution in [0.25, 0.3) is 17.0 Å². The Balaban J connectivity index is 0.936. The van der Waals surface area contributed by atoms with E-state index in [1.807, 2.05) is 6.07 Å². The van der Waals surface area contributed by atoms with Gasteiger partial charge in [0, 0.05) is 67.4 Å². The Kier molecular flexibility index (Phi) is 7.66. The summed E-state index contributed by atoms with van der Waals surface area (Å²) < 4.78 is 13.7. The van der Waals surface area contributed by atoms with E-state index in [9.17, 15) is 0 Å². The van der Waals surface area contributed by atoms with Crippen molar-refractivity contribution in [2.45, 2.75) is 69.7 Å². The van der Waals surface area contributed by atoms with Gasteiger partial charge in [-0.1, -0.05) is 140 Å². The second-order valence-electron chi connectivity index (χ2n) is 17.5. The smallest absolute Gasteiger partial charge is 0.170 e. The van der Waals surface area contributed by atoms with Gasteiger partial charge in [-0.15, -0.1) is 0 Å². The van der Waals surface area contributed by atoms with E-state index in [-0.39, 0.29) is 28.9 Å². The summed E-state index contributed by atoms with van der Waals surface area (Å²) in [6.45, 7) is 4.73. The number of hydrogen-bond acceptors (Lipinski definition) is 6. The molecule has 6 heteroatoms. The zero-order valence-electron chi connectivity index (χ0n) is 33.4. The first kappa shape index (κ1) is 34.6. The minimum Gasteiger partial charge on any atom is -0.487 e. The lowest BCUT2D eigenvalue weighted by molar-refractivity contribution is 0.144. The lowest BCUT2D eigenvalue weighted by Gasteiger charge is -2.39. The predicted molar refractivity (Wildman–Crippen MR) is 238 cm³/mol. The molecule has 3 aromatic carbocycles. The largest absolute Gasteiger partial charge is 0.487 e. The Bertz CT molecular complexity index is 2820. The molecule has 59 heavy (non-hydrogen) atoms. The van der Waals surface area contributed by atoms with E-state index in [2.05, 4.69) is 170 Å². The minimum absolute atomic E-state index is 0.00689. The molecule has 0 amide bonds. The fourth-order valence-electron chi connectivity index (χ4n) is 10.8. The molecular weight excluding hydrogens is 725 g/mol. The zero-order chi connectivity index (χ0) is 39.3. The molecule has 8 aliphatic rings. The quantitative estimate of drug-likeness (QED) is 0.220. The van der Waals surface area contributed by atoms with Crippen LogP contribution in [0.5, 0.6) is 0 Å². The molecular formula is C53H46N4O2. The van der Waals surface area contributed by atoms with E-state index >= 15 is 0 Å². The van der Waals surface area contributed by atoms with Crippen LogP contribution in [0.1, 0.15) is 73.7 Å². The van der Waals surface area contributed by atoms with Gasteiger partial charge in [-0.2, -0.15) is 0 Å². The van der Waals surface area contributed by atoms with Crippen LogP contribution < -0.4 is 10.2 Å². The van der Waals surface area contributed by atoms with Crippen LogP contribution in [-0.2, 0) is 16.6 Å². The molecule has 3 aliphatic heterocycles. The topological polar surface area (TPSA) is 62.4 Å². The van der Waals surface area contributed by atoms with E-state index in [0.717, 1.165) is 83.0 Å². The number of allylic oxidation sites excluding steroid dienone is 10. The van der Waals surface area contributed by atoms with E-state index < -0.39 is 6.17 Å². The van der Waals surface area contributed by atoms with Crippen LogP contribution in [0, 0.1) is 11.3 Å². The maximum Gasteiger partial charge on any atom is 0.170 e. The maximum absolute atomic E-state index is 6.89. The van der Waals surface area contributed by atoms with Crippen molar-refractivity contribution in [3.8, 4) is 0 Å². The molecule has 12 rings (SSSR count). The van der Waals surface area contributed by atoms with Crippen molar-refractivity contribution in [1.29, 1.82) is 0 Å². The highest BCUT2D eigenvalue weighted by Gasteiger charge is 2.55. The van der Waals surface area contributed by atoms with E-state index in [0.29, 0.717) is 0 Å². The van der Waals surface area contributed by atoms with E-state index in [1.54, 1.807) is 0 Å². The second kappa shape index (κ2) is 13.1. The van der Waals surface area contributed by atoms with Gasteiger partial charge in [-0.25, -0.2) is 9.98 Å². The van der Waals surface area contributed by atoms with Gasteiger partial charge in [0.05, 0.1) is 0 Å². The van der Waals surface area contributed by atoms with Crippen LogP contribution in [0.4, 0.5) is 5.69 Å². The Morgan fingerprint density at radius 2 is 1.69 bits per heavy atom. The summed E-state index contributed by atoms with van der Waals surface area (Å²) in [5.74, 6) is 3.93. The van der Waals surface area contributed by atoms with Gasteiger partial charge in [0.15, 0.2) is 6.17 Å². The summed E-state index contributed by atoms with van der Waals surface area (Å²) in [5.41, 5.74) is 11.7. The van der Waals surface area contributed by atoms with Crippen LogP contribution in [0.3, 0.4) is 0 Å². The molecule has 1 aromatic heterocycles. The highest BCUT2D eigenvalue weighted by molar-refractivity contribution is 6.17. The Labute approximate surface area is 345 Å². The summed E-state index contributed by atoms with van der Waals surface area (Å²) in [6, 6.07) is 25.7. The summed E-state index contributed by atoms with van der Waals surface area (Å²) in [4.78, 5) is 13.3. The molecule has 0 fully saturated rings. The summed E-state index contributed by atoms with van der Waals surface area (Å²) in [7, 11) is 0. The number of ether oxygens (including phenoxy) is 1. The molecule has 6 nitrogen and oxygen atoms in total. The first-order valence-electron chi connectivity index (χ1n) is 21.3. The van der Waals surface area contributed by atoms with Gasteiger partial charge in [0.25, 0.3) is 0 Å². The monoisotopic (exact) mass is 770 g/mol. The first-order chi connectivity index (χ1) is 28.9. The van der Waals surface area contributed by atoms with Gasteiger partial charge < -0.3 is 19.4 Å². The molecule has 0 saturated carbocycles. The number of fused-ring (bicyclic) bond motifs is 9. The minimum atomic E-state index is -0.442. The number of para-hydroxylation sites is 1. The molecule has 4 aromatic rings. The van der Waals surface area contributed by atoms with E-state index in [1.165, 1.54) is 33.7 Å². The average molecular weight is 771 g/mol. The summed E-state index contributed by atoms with van der Waals surface area (Å²) in [5, 5.41) is 4.77. The number of anilines is 1. The number of amidine groups is 2. The van der Waals surface area contributed by atoms with Crippen molar-refractivity contribution in [2.75, 3.05) is 4.90 Å². The SMILES string of the molecule is CC1(C2=CC=CCC2)C=CC(C2=NC(c3cccc4oc5c(c34)CCC(N3c4ccccc4C4(C)C=CC6=C(OC7C=CC=CC67)C34)=C5)N=C(c3ccccc3)N2)=CC1. The maximum atomic E-state index is 6.89. The summed E-state index contributed by atoms with van der Waals surface area (Å²) >= 11 is 0. The molecule has 5 aliphatic carbocycles. The van der Waals surface area contributed by atoms with Crippen LogP contribution in [0.15, 0.2) is 188 Å². The van der Waals surface area contributed by atoms with Crippen molar-refractivity contribution >= 4 is 34.4 Å². The van der Waals surface area contributed by atoms with Crippen molar-refractivity contribution in [1.82, 2.24) is 5.32 Å². The molecule has 0 saturated heterocycles. The van der Waals surface area contributed by atoms with Gasteiger partial charge in [-0.3, -0.25) is 0 Å². The first-order valence-corrected chi connectivity index (χ1v) is 21.3. The Morgan fingerprint density at radius 1 is 0.831 bits per heavy atom. The standard InChI is InChI=1S/C53H46N4O2/c1-52(35-16-7-4-8-17-35)29-26-34(27-30-52)50-54-49(33-14-5-3-6-15-33)55-51(56-50)40-19-13-23-44-46(40)39-25-24-36(32-45(39)58-44)57-42-21-11-10-20-41(42)53(2)31-28-38-37-18-9-12-22-43(37)59-47(38)48(53)57/h3-7,9-16,18-23,26-29,31-32,37,43,48,51H,8,17,24-25,30H2,1-2H3,(H,54,55,56). The fraction of sp³-hybridized carbons (Fsp3) is 0.245. The lowest BCUT2D eigenvalue weighted by Crippen LogP contribution is -2.45. The number of aliphatic imine (C=N–C) groups is 2. The number of nitrogens with one attached hydrogen (secondary N) is 1. The number of furan rings is 1. The van der Waals surface area contributed by atoms with E-state index in [4.69, 9.17) is 19.1 Å². The molecule has 0 bridgehead atoms. The second-order valence-corrected chi connectivity index (χ2v) is 17.5. The van der Waals surface area contributed by atoms with Gasteiger partial charge >= 0.3 is 0 Å². The van der Waals surface area contributed by atoms with Crippen LogP contribution in [0.2, 0.25) is 0 Å². The molecule has 6 unspecified atom stereocenters. The highest BCUT2D eigenvalue weighted by Crippen LogP contribution is 2.57. The number of nitrogens with zero attached hydrogens (tertiary/aromatic N) is 3. The van der Waals surface area contributed by atoms with Gasteiger partial charge in [-0.05, 0) is 62.8 Å². The van der Waals surface area contributed by atoms with Gasteiger partial charge in [0.2, 0.25) is 0 Å². The normalized spacial score (nSPS) is 29.7. The highest BCUT2D eigenvalue weighted by atomic mass is 16.5. The van der Waals surface area contributed by atoms with Crippen molar-refractivity contribution in [3.63, 3.8) is 0 Å². The number of rotatable bonds is 5. The molecule has 0 radical (unpaired) electrons. The van der Waals surface area contributed by atoms with Gasteiger partial charge in [0.1, 0.15) is 40.9 Å². The van der Waals surface area contributed by atoms with Crippen LogP contribution >= 0.6 is 0 Å². The third kappa shape index (κ3) is 5.31. The summed E-state index contributed by atoms with van der Waals surface area (Å²) in [6.07, 6.45) is 34.0. The molecule has 290 valence electrons. The molecule has 1 N–H and O–H groups in total. The molecule has 6 atom stereocenters. The molecule has 0 spiro atoms. The third-order valence-electron chi connectivity index (χ3n) is 14.0. The Morgan fingerprint density at radius 3 is 2.56 bits per heavy atom. The number of benzene rings is 3.